The summed E-state index contributed by atoms with van der Waals surface area (Å²) >= 11 is 1.41. The van der Waals surface area contributed by atoms with Crippen molar-refractivity contribution in [1.29, 1.82) is 0 Å². The molecule has 1 aromatic heterocycles. The van der Waals surface area contributed by atoms with Crippen LogP contribution in [0.4, 0.5) is 14.6 Å². The Morgan fingerprint density at radius 3 is 2.41 bits per heavy atom. The van der Waals surface area contributed by atoms with Crippen molar-refractivity contribution in [3.63, 3.8) is 0 Å². The number of halogens is 3. The first kappa shape index (κ1) is 14.1. The summed E-state index contributed by atoms with van der Waals surface area (Å²) in [6.45, 7) is 0. The number of hydrogen-bond donors (Lipinski definition) is 1. The molecule has 0 aliphatic carbocycles. The van der Waals surface area contributed by atoms with Crippen LogP contribution in [0.25, 0.3) is 0 Å². The smallest absolute Gasteiger partial charge is 0.358 e. The van der Waals surface area contributed by atoms with Gasteiger partial charge in [-0.15, -0.1) is 0 Å². The Kier molecular flexibility index (Phi) is 3.93. The predicted molar refractivity (Wildman–Crippen MR) is 59.9 cm³/mol. The summed E-state index contributed by atoms with van der Waals surface area (Å²) in [5.74, 6) is -1.22. The summed E-state index contributed by atoms with van der Waals surface area (Å²) in [6.07, 6.45) is -2.57. The number of nitrogens with zero attached hydrogens (tertiary/aromatic N) is 2. The number of aromatic nitrogens is 1. The van der Waals surface area contributed by atoms with Crippen molar-refractivity contribution in [3.8, 4) is 0 Å². The van der Waals surface area contributed by atoms with Crippen LogP contribution in [0.2, 0.25) is 0 Å². The van der Waals surface area contributed by atoms with Gasteiger partial charge in [-0.3, -0.25) is 0 Å². The Morgan fingerprint density at radius 2 is 2.06 bits per heavy atom. The van der Waals surface area contributed by atoms with Gasteiger partial charge in [-0.1, -0.05) is 0 Å². The van der Waals surface area contributed by atoms with E-state index < -0.39 is 37.6 Å². The highest BCUT2D eigenvalue weighted by molar-refractivity contribution is 14.1. The maximum absolute atomic E-state index is 12.7. The van der Waals surface area contributed by atoms with Crippen molar-refractivity contribution in [1.82, 2.24) is 4.98 Å². The van der Waals surface area contributed by atoms with Gasteiger partial charge in [0.25, 0.3) is 6.43 Å². The molecule has 0 saturated carbocycles. The van der Waals surface area contributed by atoms with Crippen molar-refractivity contribution in [2.75, 3.05) is 0 Å². The molecular weight excluding hydrogens is 375 g/mol. The first-order valence-corrected chi connectivity index (χ1v) is 6.42. The maximum atomic E-state index is 12.7. The lowest BCUT2D eigenvalue weighted by atomic mass is 10.2. The molecule has 0 spiro atoms. The number of alkyl halides is 2. The number of pyridine rings is 1. The summed E-state index contributed by atoms with van der Waals surface area (Å²) in [6, 6.07) is 0. The van der Waals surface area contributed by atoms with Gasteiger partial charge in [-0.05, 0) is 32.5 Å². The zero-order chi connectivity index (χ0) is 13.4. The average molecular weight is 379 g/mol. The van der Waals surface area contributed by atoms with Crippen molar-refractivity contribution in [3.05, 3.63) is 25.4 Å². The molecule has 1 aromatic rings. The highest BCUT2D eigenvalue weighted by Crippen LogP contribution is 2.34. The summed E-state index contributed by atoms with van der Waals surface area (Å²) in [5, 5.41) is 15.2. The van der Waals surface area contributed by atoms with Crippen LogP contribution in [-0.2, 0) is 10.0 Å². The van der Waals surface area contributed by atoms with Crippen LogP contribution < -0.4 is 5.14 Å². The molecule has 0 fully saturated rings. The fourth-order valence-electron chi connectivity index (χ4n) is 1.11. The van der Waals surface area contributed by atoms with E-state index >= 15 is 0 Å². The van der Waals surface area contributed by atoms with Crippen molar-refractivity contribution in [2.45, 2.75) is 11.3 Å². The van der Waals surface area contributed by atoms with Crippen molar-refractivity contribution < 1.29 is 22.1 Å². The zero-order valence-corrected chi connectivity index (χ0v) is 10.8. The zero-order valence-electron chi connectivity index (χ0n) is 7.80. The van der Waals surface area contributed by atoms with Crippen LogP contribution in [-0.4, -0.2) is 18.3 Å². The molecule has 7 nitrogen and oxygen atoms in total. The molecule has 0 aliphatic heterocycles. The van der Waals surface area contributed by atoms with Crippen LogP contribution in [0.3, 0.4) is 0 Å². The second-order valence-electron chi connectivity index (χ2n) is 2.78. The molecule has 0 aromatic carbocycles. The number of rotatable bonds is 3. The van der Waals surface area contributed by atoms with Gasteiger partial charge in [0.05, 0.1) is 3.57 Å². The third-order valence-corrected chi connectivity index (χ3v) is 3.87. The molecule has 2 N–H and O–H groups in total. The van der Waals surface area contributed by atoms with Gasteiger partial charge in [0.2, 0.25) is 10.0 Å². The molecule has 1 heterocycles. The number of nitro groups is 1. The number of sulfonamides is 1. The Bertz CT molecular complexity index is 577. The average Bonchev–Trinajstić information content (AvgIpc) is 2.14. The van der Waals surface area contributed by atoms with Crippen LogP contribution in [0, 0.1) is 13.7 Å². The van der Waals surface area contributed by atoms with Gasteiger partial charge in [0.1, 0.15) is 10.5 Å². The van der Waals surface area contributed by atoms with Gasteiger partial charge >= 0.3 is 5.82 Å². The lowest BCUT2D eigenvalue weighted by molar-refractivity contribution is -0.391. The monoisotopic (exact) mass is 379 g/mol. The standard InChI is InChI=1S/C6H4F2IN3O4S/c7-5(8)3-4(17(10,15)16)2(9)1-11-6(3)12(13)14/h1,5H,(H2,10,15,16). The van der Waals surface area contributed by atoms with Gasteiger partial charge < -0.3 is 10.1 Å². The highest BCUT2D eigenvalue weighted by Gasteiger charge is 2.33. The van der Waals surface area contributed by atoms with Gasteiger partial charge in [0, 0.05) is 0 Å². The van der Waals surface area contributed by atoms with E-state index in [1.807, 2.05) is 0 Å². The third-order valence-electron chi connectivity index (χ3n) is 1.68. The topological polar surface area (TPSA) is 116 Å². The number of hydrogen-bond acceptors (Lipinski definition) is 5. The molecule has 17 heavy (non-hydrogen) atoms. The van der Waals surface area contributed by atoms with E-state index in [1.165, 1.54) is 22.6 Å². The molecule has 11 heteroatoms. The van der Waals surface area contributed by atoms with Crippen LogP contribution in [0.15, 0.2) is 11.1 Å². The highest BCUT2D eigenvalue weighted by atomic mass is 127. The van der Waals surface area contributed by atoms with E-state index in [1.54, 1.807) is 0 Å². The number of primary sulfonamides is 1. The van der Waals surface area contributed by atoms with E-state index in [0.717, 1.165) is 6.20 Å². The molecule has 0 bridgehead atoms. The molecule has 0 aliphatic rings. The van der Waals surface area contributed by atoms with Gasteiger partial charge in [-0.2, -0.15) is 0 Å². The summed E-state index contributed by atoms with van der Waals surface area (Å²) in [5.41, 5.74) is -1.29. The van der Waals surface area contributed by atoms with E-state index in [4.69, 9.17) is 5.14 Å². The van der Waals surface area contributed by atoms with Crippen molar-refractivity contribution >= 4 is 38.4 Å². The second kappa shape index (κ2) is 4.73. The SMILES string of the molecule is NS(=O)(=O)c1c(I)cnc([N+](=O)[O-])c1C(F)F. The van der Waals surface area contributed by atoms with E-state index in [2.05, 4.69) is 4.98 Å². The summed E-state index contributed by atoms with van der Waals surface area (Å²) in [7, 11) is -4.50. The summed E-state index contributed by atoms with van der Waals surface area (Å²) < 4.78 is 47.5. The quantitative estimate of drug-likeness (QED) is 0.481. The Hall–Kier alpha value is -0.950. The fraction of sp³-hybridized carbons (Fsp3) is 0.167. The van der Waals surface area contributed by atoms with E-state index in [0.29, 0.717) is 0 Å². The lowest BCUT2D eigenvalue weighted by Crippen LogP contribution is -2.18. The molecule has 0 saturated heterocycles. The van der Waals surface area contributed by atoms with E-state index in [-0.39, 0.29) is 3.57 Å². The predicted octanol–water partition coefficient (Wildman–Crippen LogP) is 1.18. The third kappa shape index (κ3) is 2.84. The van der Waals surface area contributed by atoms with Crippen LogP contribution in [0.5, 0.6) is 0 Å². The Morgan fingerprint density at radius 1 is 1.53 bits per heavy atom. The van der Waals surface area contributed by atoms with Crippen molar-refractivity contribution in [2.24, 2.45) is 5.14 Å². The molecule has 1 rings (SSSR count). The molecule has 0 unspecified atom stereocenters. The lowest BCUT2D eigenvalue weighted by Gasteiger charge is -2.08. The van der Waals surface area contributed by atoms with E-state index in [9.17, 15) is 27.3 Å². The normalized spacial score (nSPS) is 11.8. The minimum atomic E-state index is -4.50. The van der Waals surface area contributed by atoms with Crippen LogP contribution in [0.1, 0.15) is 12.0 Å². The largest absolute Gasteiger partial charge is 0.373 e. The first-order chi connectivity index (χ1) is 7.66. The minimum absolute atomic E-state index is 0.203. The minimum Gasteiger partial charge on any atom is -0.358 e. The Labute approximate surface area is 107 Å². The first-order valence-electron chi connectivity index (χ1n) is 3.80. The second-order valence-corrected chi connectivity index (χ2v) is 5.44. The summed E-state index contributed by atoms with van der Waals surface area (Å²) in [4.78, 5) is 11.5. The molecule has 0 atom stereocenters. The molecule has 0 radical (unpaired) electrons. The Balaban J connectivity index is 3.80. The number of nitrogens with two attached hydrogens (primary N) is 1. The molecule has 94 valence electrons. The van der Waals surface area contributed by atoms with Gasteiger partial charge in [-0.25, -0.2) is 22.3 Å². The van der Waals surface area contributed by atoms with Crippen LogP contribution >= 0.6 is 22.6 Å². The van der Waals surface area contributed by atoms with Gasteiger partial charge in [0.15, 0.2) is 6.20 Å². The fourth-order valence-corrected chi connectivity index (χ4v) is 3.27. The molecule has 0 amide bonds. The molecular formula is C6H4F2IN3O4S. The maximum Gasteiger partial charge on any atom is 0.373 e.